The van der Waals surface area contributed by atoms with Crippen LogP contribution in [0.25, 0.3) is 0 Å². The normalized spacial score (nSPS) is 12.0. The van der Waals surface area contributed by atoms with Gasteiger partial charge in [0.05, 0.1) is 6.04 Å². The fraction of sp³-hybridized carbons (Fsp3) is 0.615. The van der Waals surface area contributed by atoms with Crippen LogP contribution in [-0.2, 0) is 9.59 Å². The lowest BCUT2D eigenvalue weighted by molar-refractivity contribution is -0.131. The second-order valence-corrected chi connectivity index (χ2v) is 4.77. The molecule has 0 aromatic carbocycles. The van der Waals surface area contributed by atoms with Gasteiger partial charge in [0.1, 0.15) is 5.82 Å². The molecule has 106 valence electrons. The SMILES string of the molecule is CC[C@@H](NC(=O)CCC(=O)N(C)C)c1ncc(C)[nH]1. The summed E-state index contributed by atoms with van der Waals surface area (Å²) in [5.41, 5.74) is 0.963. The Labute approximate surface area is 113 Å². The van der Waals surface area contributed by atoms with Gasteiger partial charge < -0.3 is 15.2 Å². The molecule has 6 nitrogen and oxygen atoms in total. The van der Waals surface area contributed by atoms with E-state index in [1.54, 1.807) is 20.3 Å². The summed E-state index contributed by atoms with van der Waals surface area (Å²) in [7, 11) is 3.36. The smallest absolute Gasteiger partial charge is 0.222 e. The van der Waals surface area contributed by atoms with Crippen LogP contribution in [0.3, 0.4) is 0 Å². The predicted octanol–water partition coefficient (Wildman–Crippen LogP) is 1.15. The minimum Gasteiger partial charge on any atom is -0.349 e. The molecule has 0 aliphatic heterocycles. The monoisotopic (exact) mass is 266 g/mol. The number of hydrogen-bond donors (Lipinski definition) is 2. The largest absolute Gasteiger partial charge is 0.349 e. The summed E-state index contributed by atoms with van der Waals surface area (Å²) in [6, 6.07) is -0.129. The Bertz CT molecular complexity index is 440. The number of nitrogens with zero attached hydrogens (tertiary/aromatic N) is 2. The molecule has 2 N–H and O–H groups in total. The Morgan fingerprint density at radius 1 is 1.42 bits per heavy atom. The molecule has 1 aromatic heterocycles. The second-order valence-electron chi connectivity index (χ2n) is 4.77. The van der Waals surface area contributed by atoms with Crippen LogP contribution in [0.5, 0.6) is 0 Å². The summed E-state index contributed by atoms with van der Waals surface area (Å²) < 4.78 is 0. The van der Waals surface area contributed by atoms with Crippen LogP contribution in [0.4, 0.5) is 0 Å². The Hall–Kier alpha value is -1.85. The first kappa shape index (κ1) is 15.2. The van der Waals surface area contributed by atoms with Gasteiger partial charge in [-0.3, -0.25) is 9.59 Å². The molecular weight excluding hydrogens is 244 g/mol. The quantitative estimate of drug-likeness (QED) is 0.811. The molecule has 0 bridgehead atoms. The van der Waals surface area contributed by atoms with Crippen molar-refractivity contribution in [3.05, 3.63) is 17.7 Å². The van der Waals surface area contributed by atoms with Crippen molar-refractivity contribution in [3.63, 3.8) is 0 Å². The minimum atomic E-state index is -0.129. The van der Waals surface area contributed by atoms with Crippen molar-refractivity contribution in [2.24, 2.45) is 0 Å². The fourth-order valence-corrected chi connectivity index (χ4v) is 1.68. The highest BCUT2D eigenvalue weighted by Crippen LogP contribution is 2.13. The third-order valence-electron chi connectivity index (χ3n) is 2.86. The maximum absolute atomic E-state index is 11.8. The third-order valence-corrected chi connectivity index (χ3v) is 2.86. The van der Waals surface area contributed by atoms with Gasteiger partial charge in [-0.05, 0) is 13.3 Å². The molecule has 6 heteroatoms. The highest BCUT2D eigenvalue weighted by atomic mass is 16.2. The van der Waals surface area contributed by atoms with Crippen molar-refractivity contribution in [2.75, 3.05) is 14.1 Å². The molecule has 0 unspecified atom stereocenters. The second kappa shape index (κ2) is 6.92. The van der Waals surface area contributed by atoms with E-state index in [-0.39, 0.29) is 30.7 Å². The molecule has 0 radical (unpaired) electrons. The van der Waals surface area contributed by atoms with Crippen LogP contribution in [-0.4, -0.2) is 40.8 Å². The summed E-state index contributed by atoms with van der Waals surface area (Å²) in [5.74, 6) is 0.584. The first-order valence-corrected chi connectivity index (χ1v) is 6.45. The Balaban J connectivity index is 2.48. The van der Waals surface area contributed by atoms with Gasteiger partial charge in [-0.1, -0.05) is 6.92 Å². The number of aromatic nitrogens is 2. The number of nitrogens with one attached hydrogen (secondary N) is 2. The average molecular weight is 266 g/mol. The molecule has 0 aliphatic carbocycles. The van der Waals surface area contributed by atoms with Crippen LogP contribution >= 0.6 is 0 Å². The van der Waals surface area contributed by atoms with Crippen LogP contribution < -0.4 is 5.32 Å². The molecular formula is C13H22N4O2. The van der Waals surface area contributed by atoms with E-state index in [0.717, 1.165) is 17.9 Å². The van der Waals surface area contributed by atoms with Crippen LogP contribution in [0, 0.1) is 6.92 Å². The van der Waals surface area contributed by atoms with Gasteiger partial charge in [-0.15, -0.1) is 0 Å². The van der Waals surface area contributed by atoms with Crippen molar-refractivity contribution in [3.8, 4) is 0 Å². The van der Waals surface area contributed by atoms with Crippen molar-refractivity contribution >= 4 is 11.8 Å². The van der Waals surface area contributed by atoms with E-state index in [0.29, 0.717) is 0 Å². The van der Waals surface area contributed by atoms with E-state index < -0.39 is 0 Å². The molecule has 0 saturated heterocycles. The van der Waals surface area contributed by atoms with Gasteiger partial charge in [0.2, 0.25) is 11.8 Å². The van der Waals surface area contributed by atoms with E-state index in [1.807, 2.05) is 13.8 Å². The van der Waals surface area contributed by atoms with Gasteiger partial charge in [0.15, 0.2) is 0 Å². The van der Waals surface area contributed by atoms with Crippen molar-refractivity contribution in [1.29, 1.82) is 0 Å². The number of carbonyl (C=O) groups is 2. The summed E-state index contributed by atoms with van der Waals surface area (Å²) >= 11 is 0. The van der Waals surface area contributed by atoms with Gasteiger partial charge >= 0.3 is 0 Å². The molecule has 1 aromatic rings. The highest BCUT2D eigenvalue weighted by molar-refractivity contribution is 5.83. The van der Waals surface area contributed by atoms with Crippen molar-refractivity contribution < 1.29 is 9.59 Å². The lowest BCUT2D eigenvalue weighted by Crippen LogP contribution is -2.30. The van der Waals surface area contributed by atoms with E-state index in [2.05, 4.69) is 15.3 Å². The average Bonchev–Trinajstić information content (AvgIpc) is 2.79. The molecule has 1 atom stereocenters. The number of hydrogen-bond acceptors (Lipinski definition) is 3. The van der Waals surface area contributed by atoms with Crippen molar-refractivity contribution in [2.45, 2.75) is 39.2 Å². The molecule has 0 spiro atoms. The van der Waals surface area contributed by atoms with E-state index >= 15 is 0 Å². The number of imidazole rings is 1. The molecule has 0 aliphatic rings. The van der Waals surface area contributed by atoms with Gasteiger partial charge in [-0.2, -0.15) is 0 Å². The van der Waals surface area contributed by atoms with Gasteiger partial charge in [-0.25, -0.2) is 4.98 Å². The zero-order chi connectivity index (χ0) is 14.4. The minimum absolute atomic E-state index is 0.0444. The summed E-state index contributed by atoms with van der Waals surface area (Å²) in [5, 5.41) is 2.89. The van der Waals surface area contributed by atoms with Crippen LogP contribution in [0.15, 0.2) is 6.20 Å². The summed E-state index contributed by atoms with van der Waals surface area (Å²) in [6.07, 6.45) is 2.92. The van der Waals surface area contributed by atoms with Crippen LogP contribution in [0.1, 0.15) is 43.7 Å². The van der Waals surface area contributed by atoms with E-state index in [9.17, 15) is 9.59 Å². The molecule has 0 saturated carbocycles. The Morgan fingerprint density at radius 3 is 2.58 bits per heavy atom. The topological polar surface area (TPSA) is 78.1 Å². The molecule has 0 fully saturated rings. The standard InChI is InChI=1S/C13H22N4O2/c1-5-10(13-14-8-9(2)15-13)16-11(18)6-7-12(19)17(3)4/h8,10H,5-7H2,1-4H3,(H,14,15)(H,16,18)/t10-/m1/s1. The maximum atomic E-state index is 11.8. The molecule has 19 heavy (non-hydrogen) atoms. The highest BCUT2D eigenvalue weighted by Gasteiger charge is 2.16. The molecule has 2 amide bonds. The van der Waals surface area contributed by atoms with E-state index in [1.165, 1.54) is 4.90 Å². The number of carbonyl (C=O) groups excluding carboxylic acids is 2. The summed E-state index contributed by atoms with van der Waals surface area (Å²) in [6.45, 7) is 3.90. The Morgan fingerprint density at radius 2 is 2.11 bits per heavy atom. The number of aromatic amines is 1. The lowest BCUT2D eigenvalue weighted by atomic mass is 10.2. The molecule has 1 rings (SSSR count). The third kappa shape index (κ3) is 4.73. The molecule has 1 heterocycles. The Kier molecular flexibility index (Phi) is 5.54. The zero-order valence-corrected chi connectivity index (χ0v) is 12.0. The summed E-state index contributed by atoms with van der Waals surface area (Å²) in [4.78, 5) is 32.0. The first-order chi connectivity index (χ1) is 8.93. The van der Waals surface area contributed by atoms with E-state index in [4.69, 9.17) is 0 Å². The van der Waals surface area contributed by atoms with Crippen LogP contribution in [0.2, 0.25) is 0 Å². The van der Waals surface area contributed by atoms with Gasteiger partial charge in [0, 0.05) is 38.8 Å². The lowest BCUT2D eigenvalue weighted by Gasteiger charge is -2.15. The van der Waals surface area contributed by atoms with Gasteiger partial charge in [0.25, 0.3) is 0 Å². The predicted molar refractivity (Wildman–Crippen MR) is 72.4 cm³/mol. The number of rotatable bonds is 6. The van der Waals surface area contributed by atoms with Crippen molar-refractivity contribution in [1.82, 2.24) is 20.2 Å². The number of amides is 2. The first-order valence-electron chi connectivity index (χ1n) is 6.45. The number of H-pyrrole nitrogens is 1. The fourth-order valence-electron chi connectivity index (χ4n) is 1.68. The maximum Gasteiger partial charge on any atom is 0.222 e. The zero-order valence-electron chi connectivity index (χ0n) is 12.0. The number of aryl methyl sites for hydroxylation is 1.